The van der Waals surface area contributed by atoms with Gasteiger partial charge in [-0.05, 0) is 38.5 Å². The van der Waals surface area contributed by atoms with Crippen LogP contribution in [0.25, 0.3) is 0 Å². The predicted octanol–water partition coefficient (Wildman–Crippen LogP) is 9.59. The molecule has 180 valence electrons. The molecule has 0 aliphatic heterocycles. The molecule has 0 fully saturated rings. The van der Waals surface area contributed by atoms with Crippen LogP contribution >= 0.6 is 7.60 Å². The predicted molar refractivity (Wildman–Crippen MR) is 133 cm³/mol. The quantitative estimate of drug-likeness (QED) is 0.0915. The SMILES string of the molecule is CCCCCCCC/C=C\CCCCCCCCP(=O)(O)OCCCCCCCC. The molecule has 0 aromatic heterocycles. The molecule has 0 saturated heterocycles. The van der Waals surface area contributed by atoms with Crippen molar-refractivity contribution < 1.29 is 14.0 Å². The van der Waals surface area contributed by atoms with E-state index in [0.717, 1.165) is 25.7 Å². The van der Waals surface area contributed by atoms with E-state index in [1.54, 1.807) is 0 Å². The van der Waals surface area contributed by atoms with Crippen LogP contribution in [0.2, 0.25) is 0 Å². The van der Waals surface area contributed by atoms with Gasteiger partial charge in [0.15, 0.2) is 0 Å². The van der Waals surface area contributed by atoms with Crippen LogP contribution in [0.15, 0.2) is 12.2 Å². The van der Waals surface area contributed by atoms with Crippen LogP contribution in [0.5, 0.6) is 0 Å². The van der Waals surface area contributed by atoms with Gasteiger partial charge in [-0.3, -0.25) is 4.57 Å². The molecular weight excluding hydrogens is 391 g/mol. The van der Waals surface area contributed by atoms with Crippen LogP contribution in [-0.2, 0) is 9.09 Å². The summed E-state index contributed by atoms with van der Waals surface area (Å²) >= 11 is 0. The number of hydrogen-bond acceptors (Lipinski definition) is 2. The zero-order valence-corrected chi connectivity index (χ0v) is 21.3. The largest absolute Gasteiger partial charge is 0.328 e. The standard InChI is InChI=1S/C26H53O3P/c1-3-5-7-9-11-12-13-14-15-16-17-18-19-20-22-24-26-30(27,28)29-25-23-21-10-8-6-4-2/h14-15H,3-13,16-26H2,1-2H3,(H,27,28)/b15-14-. The van der Waals surface area contributed by atoms with E-state index in [1.807, 2.05) is 0 Å². The molecule has 0 heterocycles. The Morgan fingerprint density at radius 1 is 0.600 bits per heavy atom. The highest BCUT2D eigenvalue weighted by Gasteiger charge is 2.17. The monoisotopic (exact) mass is 444 g/mol. The highest BCUT2D eigenvalue weighted by atomic mass is 31.2. The first-order valence-corrected chi connectivity index (χ1v) is 15.0. The summed E-state index contributed by atoms with van der Waals surface area (Å²) in [5.41, 5.74) is 0. The first kappa shape index (κ1) is 29.9. The molecule has 1 atom stereocenters. The Morgan fingerprint density at radius 3 is 1.50 bits per heavy atom. The zero-order chi connectivity index (χ0) is 22.2. The molecule has 1 N–H and O–H groups in total. The molecule has 0 aromatic rings. The van der Waals surface area contributed by atoms with Crippen molar-refractivity contribution in [1.82, 2.24) is 0 Å². The minimum absolute atomic E-state index is 0.323. The molecule has 4 heteroatoms. The molecule has 0 radical (unpaired) electrons. The molecule has 0 aliphatic carbocycles. The van der Waals surface area contributed by atoms with Crippen LogP contribution in [-0.4, -0.2) is 17.7 Å². The average Bonchev–Trinajstić information content (AvgIpc) is 2.72. The first-order valence-electron chi connectivity index (χ1n) is 13.2. The van der Waals surface area contributed by atoms with Gasteiger partial charge in [0.05, 0.1) is 6.61 Å². The van der Waals surface area contributed by atoms with Gasteiger partial charge in [0.2, 0.25) is 0 Å². The molecule has 0 bridgehead atoms. The summed E-state index contributed by atoms with van der Waals surface area (Å²) in [7, 11) is -3.35. The second-order valence-electron chi connectivity index (χ2n) is 8.90. The fourth-order valence-electron chi connectivity index (χ4n) is 3.71. The summed E-state index contributed by atoms with van der Waals surface area (Å²) < 4.78 is 17.3. The van der Waals surface area contributed by atoms with Gasteiger partial charge in [0.1, 0.15) is 0 Å². The number of allylic oxidation sites excluding steroid dienone is 2. The first-order chi connectivity index (χ1) is 14.6. The van der Waals surface area contributed by atoms with E-state index >= 15 is 0 Å². The second-order valence-corrected chi connectivity index (χ2v) is 10.9. The molecule has 3 nitrogen and oxygen atoms in total. The minimum Gasteiger partial charge on any atom is -0.324 e. The lowest BCUT2D eigenvalue weighted by molar-refractivity contribution is 0.252. The highest BCUT2D eigenvalue weighted by molar-refractivity contribution is 7.52. The summed E-state index contributed by atoms with van der Waals surface area (Å²) in [6.45, 7) is 4.91. The van der Waals surface area contributed by atoms with E-state index in [0.29, 0.717) is 12.8 Å². The lowest BCUT2D eigenvalue weighted by atomic mass is 10.1. The highest BCUT2D eigenvalue weighted by Crippen LogP contribution is 2.43. The minimum atomic E-state index is -3.35. The van der Waals surface area contributed by atoms with Crippen molar-refractivity contribution >= 4 is 7.60 Å². The van der Waals surface area contributed by atoms with Crippen LogP contribution in [0.3, 0.4) is 0 Å². The summed E-state index contributed by atoms with van der Waals surface area (Å²) in [6, 6.07) is 0. The Balaban J connectivity index is 3.33. The van der Waals surface area contributed by atoms with Gasteiger partial charge in [-0.25, -0.2) is 0 Å². The van der Waals surface area contributed by atoms with E-state index in [9.17, 15) is 9.46 Å². The third-order valence-electron chi connectivity index (χ3n) is 5.74. The molecule has 0 spiro atoms. The zero-order valence-electron chi connectivity index (χ0n) is 20.4. The Kier molecular flexibility index (Phi) is 23.5. The maximum Gasteiger partial charge on any atom is 0.328 e. The average molecular weight is 445 g/mol. The van der Waals surface area contributed by atoms with E-state index in [2.05, 4.69) is 26.0 Å². The van der Waals surface area contributed by atoms with Crippen molar-refractivity contribution in [2.75, 3.05) is 12.8 Å². The maximum atomic E-state index is 12.0. The lowest BCUT2D eigenvalue weighted by Gasteiger charge is -2.12. The molecule has 0 aliphatic rings. The fraction of sp³-hybridized carbons (Fsp3) is 0.923. The van der Waals surface area contributed by atoms with Crippen LogP contribution < -0.4 is 0 Å². The van der Waals surface area contributed by atoms with Crippen LogP contribution in [0, 0.1) is 0 Å². The molecular formula is C26H53O3P. The Morgan fingerprint density at radius 2 is 1.00 bits per heavy atom. The van der Waals surface area contributed by atoms with Crippen molar-refractivity contribution in [2.45, 2.75) is 142 Å². The van der Waals surface area contributed by atoms with Crippen molar-refractivity contribution in [3.8, 4) is 0 Å². The summed E-state index contributed by atoms with van der Waals surface area (Å²) in [4.78, 5) is 9.90. The Hall–Kier alpha value is -0.110. The van der Waals surface area contributed by atoms with Gasteiger partial charge in [0.25, 0.3) is 0 Å². The molecule has 1 unspecified atom stereocenters. The fourth-order valence-corrected chi connectivity index (χ4v) is 4.88. The van der Waals surface area contributed by atoms with Crippen molar-refractivity contribution in [3.63, 3.8) is 0 Å². The Labute approximate surface area is 189 Å². The number of rotatable bonds is 24. The number of hydrogen-bond donors (Lipinski definition) is 1. The third kappa shape index (κ3) is 24.2. The van der Waals surface area contributed by atoms with Crippen LogP contribution in [0.1, 0.15) is 142 Å². The normalized spacial score (nSPS) is 13.8. The topological polar surface area (TPSA) is 46.5 Å². The van der Waals surface area contributed by atoms with Gasteiger partial charge < -0.3 is 9.42 Å². The number of unbranched alkanes of at least 4 members (excludes halogenated alkanes) is 17. The molecule has 30 heavy (non-hydrogen) atoms. The van der Waals surface area contributed by atoms with E-state index in [4.69, 9.17) is 4.52 Å². The molecule has 0 saturated carbocycles. The molecule has 0 amide bonds. The van der Waals surface area contributed by atoms with Gasteiger partial charge in [-0.15, -0.1) is 0 Å². The maximum absolute atomic E-state index is 12.0. The Bertz CT molecular complexity index is 409. The molecule has 0 rings (SSSR count). The van der Waals surface area contributed by atoms with Crippen molar-refractivity contribution in [3.05, 3.63) is 12.2 Å². The van der Waals surface area contributed by atoms with Gasteiger partial charge in [-0.2, -0.15) is 0 Å². The summed E-state index contributed by atoms with van der Waals surface area (Å²) in [5.74, 6) is 0. The van der Waals surface area contributed by atoms with Gasteiger partial charge in [0, 0.05) is 6.16 Å². The van der Waals surface area contributed by atoms with Gasteiger partial charge >= 0.3 is 7.60 Å². The van der Waals surface area contributed by atoms with E-state index < -0.39 is 7.60 Å². The lowest BCUT2D eigenvalue weighted by Crippen LogP contribution is -1.97. The van der Waals surface area contributed by atoms with Crippen LogP contribution in [0.4, 0.5) is 0 Å². The summed E-state index contributed by atoms with van der Waals surface area (Å²) in [5, 5.41) is 0. The second kappa shape index (κ2) is 23.6. The smallest absolute Gasteiger partial charge is 0.324 e. The van der Waals surface area contributed by atoms with E-state index in [1.165, 1.54) is 103 Å². The van der Waals surface area contributed by atoms with Gasteiger partial charge in [-0.1, -0.05) is 116 Å². The third-order valence-corrected chi connectivity index (χ3v) is 7.21. The van der Waals surface area contributed by atoms with E-state index in [-0.39, 0.29) is 0 Å². The van der Waals surface area contributed by atoms with Crippen molar-refractivity contribution in [2.24, 2.45) is 0 Å². The summed E-state index contributed by atoms with van der Waals surface area (Å²) in [6.07, 6.45) is 29.6. The van der Waals surface area contributed by atoms with Crippen molar-refractivity contribution in [1.29, 1.82) is 0 Å². The molecule has 0 aromatic carbocycles.